The summed E-state index contributed by atoms with van der Waals surface area (Å²) in [4.78, 5) is 22.3. The van der Waals surface area contributed by atoms with Gasteiger partial charge in [0, 0.05) is 5.56 Å². The van der Waals surface area contributed by atoms with Crippen LogP contribution in [0, 0.1) is 24.7 Å². The molecular formula is C32H28N6O3. The van der Waals surface area contributed by atoms with Gasteiger partial charge in [-0.05, 0) is 72.8 Å². The molecule has 0 radical (unpaired) electrons. The van der Waals surface area contributed by atoms with Gasteiger partial charge in [-0.25, -0.2) is 4.79 Å². The summed E-state index contributed by atoms with van der Waals surface area (Å²) in [5.74, 6) is 3.41. The average molecular weight is 545 g/mol. The Balaban J connectivity index is 0.000000256. The molecule has 204 valence electrons. The molecule has 0 heterocycles. The minimum Gasteiger partial charge on any atom is -0.478 e. The van der Waals surface area contributed by atoms with E-state index in [9.17, 15) is 9.59 Å². The van der Waals surface area contributed by atoms with E-state index in [0.29, 0.717) is 23.5 Å². The molecule has 0 aliphatic rings. The molecule has 0 saturated carbocycles. The number of nitrogens with two attached hydrogens (primary N) is 1. The number of hydrogen-bond donors (Lipinski definition) is 3. The molecular weight excluding hydrogens is 516 g/mol. The van der Waals surface area contributed by atoms with Gasteiger partial charge >= 0.3 is 5.97 Å². The Hall–Kier alpha value is -5.90. The summed E-state index contributed by atoms with van der Waals surface area (Å²) in [6, 6.07) is 31.9. The highest BCUT2D eigenvalue weighted by atomic mass is 16.4. The van der Waals surface area contributed by atoms with Gasteiger partial charge in [-0.1, -0.05) is 48.2 Å². The lowest BCUT2D eigenvalue weighted by Crippen LogP contribution is -2.23. The average Bonchev–Trinajstić information content (AvgIpc) is 3.03. The first-order valence-corrected chi connectivity index (χ1v) is 12.2. The quantitative estimate of drug-likeness (QED) is 0.173. The molecule has 0 aromatic heterocycles. The van der Waals surface area contributed by atoms with Crippen molar-refractivity contribution in [3.63, 3.8) is 0 Å². The highest BCUT2D eigenvalue weighted by Gasteiger charge is 2.03. The summed E-state index contributed by atoms with van der Waals surface area (Å²) in [6.07, 6.45) is 9.73. The molecule has 0 bridgehead atoms. The number of terminal acetylenes is 2. The number of nitrogens with one attached hydrogen (secondary N) is 1. The van der Waals surface area contributed by atoms with Crippen LogP contribution < -0.4 is 11.1 Å². The molecule has 9 nitrogen and oxygen atoms in total. The molecule has 0 aliphatic carbocycles. The predicted octanol–water partition coefficient (Wildman–Crippen LogP) is 6.84. The van der Waals surface area contributed by atoms with Crippen LogP contribution in [-0.4, -0.2) is 30.1 Å². The summed E-state index contributed by atoms with van der Waals surface area (Å²) in [6.45, 7) is 0.564. The first-order chi connectivity index (χ1) is 20.0. The maximum atomic E-state index is 11.6. The Kier molecular flexibility index (Phi) is 14.0. The van der Waals surface area contributed by atoms with Crippen molar-refractivity contribution in [2.24, 2.45) is 26.2 Å². The number of carboxylic acid groups (broad SMARTS) is 1. The van der Waals surface area contributed by atoms with Crippen molar-refractivity contribution in [2.75, 3.05) is 13.1 Å². The van der Waals surface area contributed by atoms with Gasteiger partial charge in [0.1, 0.15) is 0 Å². The van der Waals surface area contributed by atoms with E-state index in [0.717, 1.165) is 11.4 Å². The van der Waals surface area contributed by atoms with E-state index in [1.165, 1.54) is 12.1 Å². The van der Waals surface area contributed by atoms with Crippen molar-refractivity contribution in [1.82, 2.24) is 5.32 Å². The summed E-state index contributed by atoms with van der Waals surface area (Å²) in [7, 11) is 0. The number of aromatic carboxylic acids is 1. The summed E-state index contributed by atoms with van der Waals surface area (Å²) in [5, 5.41) is 27.6. The molecule has 0 unspecified atom stereocenters. The van der Waals surface area contributed by atoms with Gasteiger partial charge in [0.05, 0.1) is 41.4 Å². The number of amides is 1. The van der Waals surface area contributed by atoms with Gasteiger partial charge in [0.15, 0.2) is 0 Å². The summed E-state index contributed by atoms with van der Waals surface area (Å²) < 4.78 is 0. The molecule has 1 amide bonds. The van der Waals surface area contributed by atoms with Crippen LogP contribution in [0.4, 0.5) is 22.7 Å². The molecule has 0 atom stereocenters. The molecule has 4 aromatic carbocycles. The SMILES string of the molecule is C#CCN.C#CCNC(=O)c1ccc(N=Nc2ccccc2)cc1.O=C(O)c1ccc(N=Nc2ccccc2)cc1. The van der Waals surface area contributed by atoms with Crippen LogP contribution in [0.3, 0.4) is 0 Å². The number of rotatable bonds is 7. The van der Waals surface area contributed by atoms with Crippen molar-refractivity contribution >= 4 is 34.6 Å². The van der Waals surface area contributed by atoms with E-state index in [-0.39, 0.29) is 18.0 Å². The van der Waals surface area contributed by atoms with Gasteiger partial charge in [-0.2, -0.15) is 20.5 Å². The van der Waals surface area contributed by atoms with Gasteiger partial charge < -0.3 is 16.2 Å². The lowest BCUT2D eigenvalue weighted by Gasteiger charge is -2.01. The van der Waals surface area contributed by atoms with Crippen molar-refractivity contribution in [3.8, 4) is 24.7 Å². The second-order valence-corrected chi connectivity index (χ2v) is 7.77. The maximum Gasteiger partial charge on any atom is 0.335 e. The summed E-state index contributed by atoms with van der Waals surface area (Å²) in [5.41, 5.74) is 8.42. The third-order valence-corrected chi connectivity index (χ3v) is 4.79. The Morgan fingerprint density at radius 2 is 1.00 bits per heavy atom. The smallest absolute Gasteiger partial charge is 0.335 e. The number of azo groups is 2. The van der Waals surface area contributed by atoms with E-state index < -0.39 is 5.97 Å². The van der Waals surface area contributed by atoms with Crippen molar-refractivity contribution in [1.29, 1.82) is 0 Å². The van der Waals surface area contributed by atoms with Crippen molar-refractivity contribution < 1.29 is 14.7 Å². The molecule has 41 heavy (non-hydrogen) atoms. The normalized spacial score (nSPS) is 9.83. The molecule has 9 heteroatoms. The Bertz CT molecular complexity index is 1500. The van der Waals surface area contributed by atoms with Gasteiger partial charge in [-0.15, -0.1) is 12.8 Å². The molecule has 4 aromatic rings. The zero-order chi connectivity index (χ0) is 29.7. The van der Waals surface area contributed by atoms with Gasteiger partial charge in [-0.3, -0.25) is 4.79 Å². The van der Waals surface area contributed by atoms with E-state index >= 15 is 0 Å². The minimum absolute atomic E-state index is 0.200. The molecule has 4 rings (SSSR count). The second-order valence-electron chi connectivity index (χ2n) is 7.77. The first-order valence-electron chi connectivity index (χ1n) is 12.2. The van der Waals surface area contributed by atoms with Crippen LogP contribution >= 0.6 is 0 Å². The van der Waals surface area contributed by atoms with Crippen LogP contribution in [0.1, 0.15) is 20.7 Å². The van der Waals surface area contributed by atoms with E-state index in [2.05, 4.69) is 44.0 Å². The number of carboxylic acids is 1. The molecule has 0 spiro atoms. The van der Waals surface area contributed by atoms with E-state index in [1.807, 2.05) is 60.7 Å². The fourth-order valence-corrected chi connectivity index (χ4v) is 2.80. The topological polar surface area (TPSA) is 142 Å². The van der Waals surface area contributed by atoms with E-state index in [1.54, 1.807) is 36.4 Å². The van der Waals surface area contributed by atoms with Gasteiger partial charge in [0.25, 0.3) is 5.91 Å². The van der Waals surface area contributed by atoms with Crippen LogP contribution in [0.15, 0.2) is 130 Å². The van der Waals surface area contributed by atoms with E-state index in [4.69, 9.17) is 17.3 Å². The Morgan fingerprint density at radius 1 is 0.634 bits per heavy atom. The lowest BCUT2D eigenvalue weighted by atomic mass is 10.2. The first kappa shape index (κ1) is 31.3. The Morgan fingerprint density at radius 3 is 1.34 bits per heavy atom. The number of nitrogens with zero attached hydrogens (tertiary/aromatic N) is 4. The zero-order valence-corrected chi connectivity index (χ0v) is 22.1. The standard InChI is InChI=1S/C16H13N3O.C13H10N2O2.C3H5N/c1-2-12-17-16(20)13-8-10-15(11-9-13)19-18-14-6-4-3-5-7-14;16-13(17)10-6-8-12(9-7-10)15-14-11-4-2-1-3-5-11;1-2-3-4/h1,3-11H,12H2,(H,17,20);1-9H,(H,16,17);1H,3-4H2. The monoisotopic (exact) mass is 544 g/mol. The largest absolute Gasteiger partial charge is 0.478 e. The van der Waals surface area contributed by atoms with Crippen molar-refractivity contribution in [3.05, 3.63) is 120 Å². The zero-order valence-electron chi connectivity index (χ0n) is 22.1. The number of hydrogen-bond acceptors (Lipinski definition) is 7. The number of benzene rings is 4. The van der Waals surface area contributed by atoms with Crippen LogP contribution in [0.25, 0.3) is 0 Å². The maximum absolute atomic E-state index is 11.6. The van der Waals surface area contributed by atoms with Crippen LogP contribution in [0.2, 0.25) is 0 Å². The lowest BCUT2D eigenvalue weighted by molar-refractivity contribution is 0.0696. The fraction of sp³-hybridized carbons (Fsp3) is 0.0625. The highest BCUT2D eigenvalue weighted by Crippen LogP contribution is 2.19. The van der Waals surface area contributed by atoms with Gasteiger partial charge in [0.2, 0.25) is 0 Å². The summed E-state index contributed by atoms with van der Waals surface area (Å²) >= 11 is 0. The highest BCUT2D eigenvalue weighted by molar-refractivity contribution is 5.94. The number of carbonyl (C=O) groups excluding carboxylic acids is 1. The molecule has 0 saturated heterocycles. The number of carbonyl (C=O) groups is 2. The fourth-order valence-electron chi connectivity index (χ4n) is 2.80. The van der Waals surface area contributed by atoms with Crippen molar-refractivity contribution in [2.45, 2.75) is 0 Å². The molecule has 0 aliphatic heterocycles. The third-order valence-electron chi connectivity index (χ3n) is 4.79. The second kappa shape index (κ2) is 18.4. The van der Waals surface area contributed by atoms with Crippen LogP contribution in [-0.2, 0) is 0 Å². The Labute approximate surface area is 238 Å². The third kappa shape index (κ3) is 12.5. The molecule has 4 N–H and O–H groups in total. The minimum atomic E-state index is -0.948. The predicted molar refractivity (Wildman–Crippen MR) is 160 cm³/mol. The van der Waals surface area contributed by atoms with Crippen LogP contribution in [0.5, 0.6) is 0 Å². The molecule has 0 fully saturated rings.